The molecule has 0 fully saturated rings. The van der Waals surface area contributed by atoms with Gasteiger partial charge in [-0.2, -0.15) is 10.4 Å². The molecule has 1 N–H and O–H groups in total. The lowest BCUT2D eigenvalue weighted by Gasteiger charge is -2.24. The minimum absolute atomic E-state index is 0.150. The maximum Gasteiger partial charge on any atom is 0.247 e. The molecule has 2 aromatic heterocycles. The number of nitrogens with one attached hydrogen (secondary N) is 1. The van der Waals surface area contributed by atoms with Crippen LogP contribution in [0, 0.1) is 25.2 Å². The van der Waals surface area contributed by atoms with Crippen LogP contribution in [0.5, 0.6) is 0 Å². The summed E-state index contributed by atoms with van der Waals surface area (Å²) in [5, 5.41) is 16.2. The molecule has 0 bridgehead atoms. The molecule has 2 rings (SSSR count). The number of nitrogens with zero attached hydrogens (tertiary/aromatic N) is 4. The summed E-state index contributed by atoms with van der Waals surface area (Å²) in [6.45, 7) is 10.0. The van der Waals surface area contributed by atoms with Crippen molar-refractivity contribution in [1.82, 2.24) is 14.3 Å². The highest BCUT2D eigenvalue weighted by molar-refractivity contribution is 5.90. The van der Waals surface area contributed by atoms with Crippen LogP contribution in [0.2, 0.25) is 0 Å². The highest BCUT2D eigenvalue weighted by atomic mass is 16.2. The van der Waals surface area contributed by atoms with E-state index in [1.54, 1.807) is 16.9 Å². The van der Waals surface area contributed by atoms with Crippen molar-refractivity contribution in [2.45, 2.75) is 46.7 Å². The molecular formula is C16H21N5O. The van der Waals surface area contributed by atoms with E-state index in [0.717, 1.165) is 11.4 Å². The van der Waals surface area contributed by atoms with Crippen molar-refractivity contribution in [1.29, 1.82) is 5.26 Å². The van der Waals surface area contributed by atoms with Crippen molar-refractivity contribution in [2.24, 2.45) is 0 Å². The molecule has 0 atom stereocenters. The number of rotatable bonds is 3. The Hall–Kier alpha value is -2.55. The van der Waals surface area contributed by atoms with Crippen molar-refractivity contribution in [3.63, 3.8) is 0 Å². The van der Waals surface area contributed by atoms with E-state index < -0.39 is 0 Å². The summed E-state index contributed by atoms with van der Waals surface area (Å²) < 4.78 is 3.56. The van der Waals surface area contributed by atoms with Crippen LogP contribution < -0.4 is 5.32 Å². The van der Waals surface area contributed by atoms with Crippen LogP contribution in [0.3, 0.4) is 0 Å². The van der Waals surface area contributed by atoms with Crippen molar-refractivity contribution >= 4 is 11.7 Å². The molecule has 0 aliphatic rings. The van der Waals surface area contributed by atoms with E-state index in [1.807, 2.05) is 45.3 Å². The van der Waals surface area contributed by atoms with Gasteiger partial charge in [0.2, 0.25) is 5.91 Å². The Morgan fingerprint density at radius 2 is 2.05 bits per heavy atom. The molecular weight excluding hydrogens is 278 g/mol. The van der Waals surface area contributed by atoms with Crippen molar-refractivity contribution in [3.05, 3.63) is 35.3 Å². The molecule has 116 valence electrons. The average Bonchev–Trinajstić information content (AvgIpc) is 2.93. The van der Waals surface area contributed by atoms with Crippen LogP contribution >= 0.6 is 0 Å². The van der Waals surface area contributed by atoms with Gasteiger partial charge in [0.25, 0.3) is 0 Å². The third kappa shape index (κ3) is 3.37. The predicted octanol–water partition coefficient (Wildman–Crippen LogP) is 2.57. The van der Waals surface area contributed by atoms with E-state index in [4.69, 9.17) is 5.26 Å². The number of aryl methyl sites for hydroxylation is 2. The van der Waals surface area contributed by atoms with Gasteiger partial charge in [0.15, 0.2) is 0 Å². The van der Waals surface area contributed by atoms with Gasteiger partial charge < -0.3 is 9.88 Å². The lowest BCUT2D eigenvalue weighted by atomic mass is 10.1. The largest absolute Gasteiger partial charge is 0.328 e. The van der Waals surface area contributed by atoms with Gasteiger partial charge in [-0.1, -0.05) is 0 Å². The Labute approximate surface area is 130 Å². The summed E-state index contributed by atoms with van der Waals surface area (Å²) in [7, 11) is 0. The standard InChI is InChI=1S/C16H21N5O/c1-11-6-12(2)21(19-11)10-15(22)18-14-7-13(8-17)9-20(14)16(3,4)5/h6-7,9H,10H2,1-5H3,(H,18,22). The number of hydrogen-bond acceptors (Lipinski definition) is 3. The maximum atomic E-state index is 12.3. The number of aromatic nitrogens is 3. The SMILES string of the molecule is Cc1cc(C)n(CC(=O)Nc2cc(C#N)cn2C(C)(C)C)n1. The molecule has 2 heterocycles. The Balaban J connectivity index is 2.20. The molecule has 0 unspecified atom stereocenters. The minimum Gasteiger partial charge on any atom is -0.328 e. The molecule has 6 heteroatoms. The van der Waals surface area contributed by atoms with Gasteiger partial charge in [0.05, 0.1) is 11.3 Å². The molecule has 0 radical (unpaired) electrons. The van der Waals surface area contributed by atoms with E-state index in [1.165, 1.54) is 0 Å². The third-order valence-corrected chi connectivity index (χ3v) is 3.34. The summed E-state index contributed by atoms with van der Waals surface area (Å²) in [6, 6.07) is 5.72. The average molecular weight is 299 g/mol. The van der Waals surface area contributed by atoms with Crippen LogP contribution in [0.4, 0.5) is 5.82 Å². The molecule has 0 saturated heterocycles. The van der Waals surface area contributed by atoms with E-state index in [-0.39, 0.29) is 18.0 Å². The predicted molar refractivity (Wildman–Crippen MR) is 84.5 cm³/mol. The molecule has 0 aliphatic carbocycles. The lowest BCUT2D eigenvalue weighted by Crippen LogP contribution is -2.26. The van der Waals surface area contributed by atoms with Crippen LogP contribution in [-0.4, -0.2) is 20.3 Å². The zero-order chi connectivity index (χ0) is 16.5. The summed E-state index contributed by atoms with van der Waals surface area (Å²) in [5.74, 6) is 0.454. The first-order chi connectivity index (χ1) is 10.2. The Morgan fingerprint density at radius 1 is 1.36 bits per heavy atom. The zero-order valence-corrected chi connectivity index (χ0v) is 13.6. The van der Waals surface area contributed by atoms with Gasteiger partial charge in [-0.05, 0) is 46.8 Å². The topological polar surface area (TPSA) is 75.6 Å². The lowest BCUT2D eigenvalue weighted by molar-refractivity contribution is -0.117. The Morgan fingerprint density at radius 3 is 2.55 bits per heavy atom. The maximum absolute atomic E-state index is 12.3. The van der Waals surface area contributed by atoms with Crippen LogP contribution in [0.1, 0.15) is 37.7 Å². The molecule has 0 aromatic carbocycles. The number of hydrogen-bond donors (Lipinski definition) is 1. The van der Waals surface area contributed by atoms with Crippen molar-refractivity contribution < 1.29 is 4.79 Å². The van der Waals surface area contributed by atoms with E-state index >= 15 is 0 Å². The van der Waals surface area contributed by atoms with Crippen LogP contribution in [0.15, 0.2) is 18.3 Å². The molecule has 0 aliphatic heterocycles. The molecule has 0 saturated carbocycles. The number of anilines is 1. The summed E-state index contributed by atoms with van der Waals surface area (Å²) in [6.07, 6.45) is 1.75. The van der Waals surface area contributed by atoms with E-state index in [2.05, 4.69) is 16.5 Å². The smallest absolute Gasteiger partial charge is 0.247 e. The third-order valence-electron chi connectivity index (χ3n) is 3.34. The Kier molecular flexibility index (Phi) is 4.09. The van der Waals surface area contributed by atoms with Gasteiger partial charge in [0.1, 0.15) is 18.4 Å². The molecule has 1 amide bonds. The fourth-order valence-corrected chi connectivity index (χ4v) is 2.33. The van der Waals surface area contributed by atoms with E-state index in [9.17, 15) is 4.79 Å². The number of amides is 1. The second-order valence-electron chi connectivity index (χ2n) is 6.40. The molecule has 2 aromatic rings. The monoisotopic (exact) mass is 299 g/mol. The quantitative estimate of drug-likeness (QED) is 0.946. The highest BCUT2D eigenvalue weighted by Crippen LogP contribution is 2.24. The van der Waals surface area contributed by atoms with Gasteiger partial charge in [-0.3, -0.25) is 9.48 Å². The van der Waals surface area contributed by atoms with Gasteiger partial charge >= 0.3 is 0 Å². The molecule has 22 heavy (non-hydrogen) atoms. The normalized spacial score (nSPS) is 11.3. The summed E-state index contributed by atoms with van der Waals surface area (Å²) in [5.41, 5.74) is 2.12. The first-order valence-corrected chi connectivity index (χ1v) is 7.14. The van der Waals surface area contributed by atoms with Crippen molar-refractivity contribution in [2.75, 3.05) is 5.32 Å². The molecule has 6 nitrogen and oxygen atoms in total. The first-order valence-electron chi connectivity index (χ1n) is 7.14. The summed E-state index contributed by atoms with van der Waals surface area (Å²) >= 11 is 0. The number of carbonyl (C=O) groups is 1. The summed E-state index contributed by atoms with van der Waals surface area (Å²) in [4.78, 5) is 12.3. The van der Waals surface area contributed by atoms with Crippen LogP contribution in [-0.2, 0) is 16.9 Å². The molecule has 0 spiro atoms. The fraction of sp³-hybridized carbons (Fsp3) is 0.438. The highest BCUT2D eigenvalue weighted by Gasteiger charge is 2.19. The number of nitriles is 1. The van der Waals surface area contributed by atoms with Gasteiger partial charge in [-0.25, -0.2) is 0 Å². The van der Waals surface area contributed by atoms with Crippen LogP contribution in [0.25, 0.3) is 0 Å². The first kappa shape index (κ1) is 15.8. The number of carbonyl (C=O) groups excluding carboxylic acids is 1. The van der Waals surface area contributed by atoms with E-state index in [0.29, 0.717) is 11.4 Å². The van der Waals surface area contributed by atoms with Gasteiger partial charge in [-0.15, -0.1) is 0 Å². The Bertz CT molecular complexity index is 740. The minimum atomic E-state index is -0.226. The fourth-order valence-electron chi connectivity index (χ4n) is 2.33. The second kappa shape index (κ2) is 5.68. The van der Waals surface area contributed by atoms with Crippen molar-refractivity contribution in [3.8, 4) is 6.07 Å². The van der Waals surface area contributed by atoms with Gasteiger partial charge in [0, 0.05) is 17.4 Å². The zero-order valence-electron chi connectivity index (χ0n) is 13.6. The second-order valence-corrected chi connectivity index (χ2v) is 6.40.